The molecule has 1 nitrogen and oxygen atoms in total. The second-order valence-corrected chi connectivity index (χ2v) is 3.02. The summed E-state index contributed by atoms with van der Waals surface area (Å²) in [5, 5.41) is 3.54. The van der Waals surface area contributed by atoms with Gasteiger partial charge in [-0.2, -0.15) is 0 Å². The van der Waals surface area contributed by atoms with Crippen LogP contribution in [0.1, 0.15) is 11.7 Å². The Kier molecular flexibility index (Phi) is 1.50. The number of anilines is 1. The number of benzene rings is 1. The summed E-state index contributed by atoms with van der Waals surface area (Å²) in [6.07, 6.45) is -0.899. The maximum Gasteiger partial charge on any atom is 0.144 e. The molecule has 1 aromatic carbocycles. The van der Waals surface area contributed by atoms with Gasteiger partial charge in [-0.15, -0.1) is 0 Å². The molecule has 58 valence electrons. The summed E-state index contributed by atoms with van der Waals surface area (Å²) < 4.78 is 13.0. The number of hydrogen-bond donors (Lipinski definition) is 1. The lowest BCUT2D eigenvalue weighted by Crippen LogP contribution is -1.94. The van der Waals surface area contributed by atoms with Crippen molar-refractivity contribution in [1.82, 2.24) is 0 Å². The van der Waals surface area contributed by atoms with Crippen LogP contribution >= 0.6 is 11.6 Å². The summed E-state index contributed by atoms with van der Waals surface area (Å²) in [6.45, 7) is 0.371. The first-order valence-electron chi connectivity index (χ1n) is 3.45. The summed E-state index contributed by atoms with van der Waals surface area (Å²) in [5.74, 6) is 0. The van der Waals surface area contributed by atoms with E-state index >= 15 is 0 Å². The molecule has 0 fully saturated rings. The smallest absolute Gasteiger partial charge is 0.144 e. The molecule has 0 spiro atoms. The minimum atomic E-state index is -0.899. The number of fused-ring (bicyclic) bond motifs is 1. The monoisotopic (exact) mass is 171 g/mol. The van der Waals surface area contributed by atoms with Crippen LogP contribution in [0.3, 0.4) is 0 Å². The van der Waals surface area contributed by atoms with Gasteiger partial charge in [0.1, 0.15) is 6.17 Å². The molecule has 1 atom stereocenters. The maximum atomic E-state index is 13.0. The molecule has 1 aromatic rings. The van der Waals surface area contributed by atoms with Gasteiger partial charge in [-0.25, -0.2) is 4.39 Å². The summed E-state index contributed by atoms with van der Waals surface area (Å²) in [6, 6.07) is 5.23. The van der Waals surface area contributed by atoms with Gasteiger partial charge in [0.15, 0.2) is 0 Å². The van der Waals surface area contributed by atoms with Gasteiger partial charge in [-0.1, -0.05) is 11.6 Å². The average Bonchev–Trinajstić information content (AvgIpc) is 2.33. The highest BCUT2D eigenvalue weighted by atomic mass is 35.5. The fraction of sp³-hybridized carbons (Fsp3) is 0.250. The molecule has 1 heterocycles. The van der Waals surface area contributed by atoms with Crippen LogP contribution in [0.15, 0.2) is 18.2 Å². The topological polar surface area (TPSA) is 12.0 Å². The van der Waals surface area contributed by atoms with E-state index in [1.54, 1.807) is 18.2 Å². The van der Waals surface area contributed by atoms with E-state index in [9.17, 15) is 4.39 Å². The van der Waals surface area contributed by atoms with Crippen LogP contribution in [-0.2, 0) is 0 Å². The van der Waals surface area contributed by atoms with Crippen LogP contribution in [0.4, 0.5) is 10.1 Å². The highest BCUT2D eigenvalue weighted by Gasteiger charge is 2.20. The third-order valence-corrected chi connectivity index (χ3v) is 2.06. The zero-order chi connectivity index (χ0) is 7.84. The van der Waals surface area contributed by atoms with Crippen LogP contribution in [0.2, 0.25) is 5.02 Å². The van der Waals surface area contributed by atoms with Gasteiger partial charge in [-0.05, 0) is 18.2 Å². The summed E-state index contributed by atoms with van der Waals surface area (Å²) in [5.41, 5.74) is 1.54. The van der Waals surface area contributed by atoms with E-state index in [1.807, 2.05) is 0 Å². The van der Waals surface area contributed by atoms with Crippen molar-refractivity contribution in [1.29, 1.82) is 0 Å². The number of nitrogens with one attached hydrogen (secondary N) is 1. The van der Waals surface area contributed by atoms with Crippen LogP contribution in [0.25, 0.3) is 0 Å². The second-order valence-electron chi connectivity index (χ2n) is 2.58. The lowest BCUT2D eigenvalue weighted by atomic mass is 10.1. The third kappa shape index (κ3) is 1.07. The molecule has 0 saturated carbocycles. The molecule has 1 aliphatic rings. The SMILES string of the molecule is FC1CNc2ccc(Cl)cc21. The van der Waals surface area contributed by atoms with Crippen LogP contribution in [0, 0.1) is 0 Å². The van der Waals surface area contributed by atoms with Crippen molar-refractivity contribution in [2.75, 3.05) is 11.9 Å². The van der Waals surface area contributed by atoms with E-state index in [-0.39, 0.29) is 0 Å². The molecule has 0 saturated heterocycles. The second kappa shape index (κ2) is 2.38. The van der Waals surface area contributed by atoms with Crippen molar-refractivity contribution in [3.8, 4) is 0 Å². The largest absolute Gasteiger partial charge is 0.381 e. The molecule has 3 heteroatoms. The predicted octanol–water partition coefficient (Wildman–Crippen LogP) is 2.78. The fourth-order valence-electron chi connectivity index (χ4n) is 1.26. The van der Waals surface area contributed by atoms with Crippen molar-refractivity contribution in [2.24, 2.45) is 0 Å². The maximum absolute atomic E-state index is 13.0. The molecule has 2 rings (SSSR count). The first-order valence-corrected chi connectivity index (χ1v) is 3.82. The number of hydrogen-bond acceptors (Lipinski definition) is 1. The van der Waals surface area contributed by atoms with Crippen molar-refractivity contribution in [3.05, 3.63) is 28.8 Å². The van der Waals surface area contributed by atoms with Crippen LogP contribution in [-0.4, -0.2) is 6.54 Å². The van der Waals surface area contributed by atoms with Gasteiger partial charge >= 0.3 is 0 Å². The van der Waals surface area contributed by atoms with Crippen LogP contribution < -0.4 is 5.32 Å². The minimum absolute atomic E-state index is 0.371. The van der Waals surface area contributed by atoms with Crippen molar-refractivity contribution in [3.63, 3.8) is 0 Å². The third-order valence-electron chi connectivity index (χ3n) is 1.82. The summed E-state index contributed by atoms with van der Waals surface area (Å²) in [4.78, 5) is 0. The Bertz CT molecular complexity index is 287. The fourth-order valence-corrected chi connectivity index (χ4v) is 1.44. The highest BCUT2D eigenvalue weighted by molar-refractivity contribution is 6.30. The zero-order valence-corrected chi connectivity index (χ0v) is 6.53. The standard InChI is InChI=1S/C8H7ClFN/c9-5-1-2-8-6(3-5)7(10)4-11-8/h1-3,7,11H,4H2. The summed E-state index contributed by atoms with van der Waals surface area (Å²) in [7, 11) is 0. The molecule has 0 radical (unpaired) electrons. The van der Waals surface area contributed by atoms with E-state index in [1.165, 1.54) is 0 Å². The molecule has 0 amide bonds. The van der Waals surface area contributed by atoms with Crippen molar-refractivity contribution >= 4 is 17.3 Å². The van der Waals surface area contributed by atoms with E-state index in [4.69, 9.17) is 11.6 Å². The Morgan fingerprint density at radius 1 is 1.55 bits per heavy atom. The van der Waals surface area contributed by atoms with E-state index in [0.29, 0.717) is 17.1 Å². The Labute approximate surface area is 69.2 Å². The normalized spacial score (nSPS) is 21.1. The predicted molar refractivity (Wildman–Crippen MR) is 43.8 cm³/mol. The van der Waals surface area contributed by atoms with Crippen molar-refractivity contribution < 1.29 is 4.39 Å². The Morgan fingerprint density at radius 3 is 3.18 bits per heavy atom. The molecule has 0 bridgehead atoms. The molecule has 1 aliphatic heterocycles. The average molecular weight is 172 g/mol. The quantitative estimate of drug-likeness (QED) is 0.633. The minimum Gasteiger partial charge on any atom is -0.381 e. The molecular formula is C8H7ClFN. The molecule has 11 heavy (non-hydrogen) atoms. The van der Waals surface area contributed by atoms with Crippen LogP contribution in [0.5, 0.6) is 0 Å². The van der Waals surface area contributed by atoms with Gasteiger partial charge < -0.3 is 5.32 Å². The first kappa shape index (κ1) is 6.92. The zero-order valence-electron chi connectivity index (χ0n) is 5.77. The van der Waals surface area contributed by atoms with E-state index < -0.39 is 6.17 Å². The lowest BCUT2D eigenvalue weighted by Gasteiger charge is -1.98. The molecular weight excluding hydrogens is 165 g/mol. The van der Waals surface area contributed by atoms with Gasteiger partial charge in [0.2, 0.25) is 0 Å². The first-order chi connectivity index (χ1) is 5.27. The molecule has 0 aliphatic carbocycles. The van der Waals surface area contributed by atoms with Crippen molar-refractivity contribution in [2.45, 2.75) is 6.17 Å². The van der Waals surface area contributed by atoms with Gasteiger partial charge in [0.05, 0.1) is 6.54 Å². The molecule has 1 N–H and O–H groups in total. The van der Waals surface area contributed by atoms with Gasteiger partial charge in [0, 0.05) is 16.3 Å². The lowest BCUT2D eigenvalue weighted by molar-refractivity contribution is 0.373. The number of rotatable bonds is 0. The Morgan fingerprint density at radius 2 is 2.36 bits per heavy atom. The highest BCUT2D eigenvalue weighted by Crippen LogP contribution is 2.33. The van der Waals surface area contributed by atoms with E-state index in [2.05, 4.69) is 5.32 Å². The molecule has 1 unspecified atom stereocenters. The van der Waals surface area contributed by atoms with Gasteiger partial charge in [0.25, 0.3) is 0 Å². The van der Waals surface area contributed by atoms with Gasteiger partial charge in [-0.3, -0.25) is 0 Å². The molecule has 0 aromatic heterocycles. The number of alkyl halides is 1. The van der Waals surface area contributed by atoms with E-state index in [0.717, 1.165) is 5.69 Å². The number of halogens is 2. The summed E-state index contributed by atoms with van der Waals surface area (Å²) >= 11 is 5.69. The Balaban J connectivity index is 2.52. The Hall–Kier alpha value is -0.760.